The van der Waals surface area contributed by atoms with Crippen molar-refractivity contribution in [3.05, 3.63) is 84.4 Å². The molecule has 0 radical (unpaired) electrons. The van der Waals surface area contributed by atoms with Gasteiger partial charge in [-0.25, -0.2) is 0 Å². The fourth-order valence-corrected chi connectivity index (χ4v) is 6.63. The van der Waals surface area contributed by atoms with Gasteiger partial charge in [0.2, 0.25) is 0 Å². The third kappa shape index (κ3) is 5.83. The fourth-order valence-electron chi connectivity index (χ4n) is 4.06. The van der Waals surface area contributed by atoms with E-state index in [0.29, 0.717) is 6.61 Å². The minimum absolute atomic E-state index is 0.0564. The molecule has 1 aliphatic rings. The van der Waals surface area contributed by atoms with E-state index in [4.69, 9.17) is 18.8 Å². The molecule has 6 nitrogen and oxygen atoms in total. The highest BCUT2D eigenvalue weighted by Crippen LogP contribution is 2.40. The average Bonchev–Trinajstić information content (AvgIpc) is 3.13. The SMILES string of the molecule is CC(Oc1cccc([S+](c2ccccc2)c2ccc(C3(C)OCC(C)(C)O3)cc2)c1)C(F)(F)S(=O)(=O)O. The number of ether oxygens (including phenoxy) is 3. The molecule has 0 aromatic heterocycles. The zero-order valence-electron chi connectivity index (χ0n) is 20.9. The highest BCUT2D eigenvalue weighted by atomic mass is 32.2. The molecule has 0 bridgehead atoms. The molecule has 0 aliphatic carbocycles. The van der Waals surface area contributed by atoms with E-state index in [1.165, 1.54) is 6.07 Å². The zero-order chi connectivity index (χ0) is 27.1. The van der Waals surface area contributed by atoms with Crippen LogP contribution in [0.25, 0.3) is 0 Å². The van der Waals surface area contributed by atoms with Crippen molar-refractivity contribution >= 4 is 21.0 Å². The lowest BCUT2D eigenvalue weighted by Gasteiger charge is -2.26. The van der Waals surface area contributed by atoms with Gasteiger partial charge in [0.25, 0.3) is 0 Å². The largest absolute Gasteiger partial charge is 0.483 e. The van der Waals surface area contributed by atoms with Gasteiger partial charge in [-0.1, -0.05) is 24.3 Å². The van der Waals surface area contributed by atoms with E-state index < -0.39 is 43.8 Å². The zero-order valence-corrected chi connectivity index (χ0v) is 22.5. The molecule has 4 rings (SSSR count). The van der Waals surface area contributed by atoms with Crippen LogP contribution in [0.15, 0.2) is 93.5 Å². The quantitative estimate of drug-likeness (QED) is 0.272. The van der Waals surface area contributed by atoms with Gasteiger partial charge in [0.05, 0.1) is 23.1 Å². The van der Waals surface area contributed by atoms with E-state index in [2.05, 4.69) is 0 Å². The van der Waals surface area contributed by atoms with Gasteiger partial charge in [0, 0.05) is 11.6 Å². The average molecular weight is 552 g/mol. The third-order valence-electron chi connectivity index (χ3n) is 5.93. The molecule has 10 heteroatoms. The van der Waals surface area contributed by atoms with Crippen molar-refractivity contribution in [3.8, 4) is 5.75 Å². The van der Waals surface area contributed by atoms with Crippen LogP contribution in [0.5, 0.6) is 5.75 Å². The Morgan fingerprint density at radius 1 is 0.946 bits per heavy atom. The van der Waals surface area contributed by atoms with Gasteiger partial charge in [-0.15, -0.1) is 0 Å². The van der Waals surface area contributed by atoms with Crippen LogP contribution in [0.2, 0.25) is 0 Å². The molecule has 0 amide bonds. The first-order valence-electron chi connectivity index (χ1n) is 11.6. The van der Waals surface area contributed by atoms with Crippen LogP contribution >= 0.6 is 0 Å². The van der Waals surface area contributed by atoms with E-state index in [1.54, 1.807) is 12.1 Å². The highest BCUT2D eigenvalue weighted by molar-refractivity contribution is 7.97. The first-order valence-corrected chi connectivity index (χ1v) is 14.2. The summed E-state index contributed by atoms with van der Waals surface area (Å²) in [5, 5.41) is -4.46. The topological polar surface area (TPSA) is 82.1 Å². The van der Waals surface area contributed by atoms with Crippen molar-refractivity contribution in [1.29, 1.82) is 0 Å². The second kappa shape index (κ2) is 9.99. The van der Waals surface area contributed by atoms with Crippen LogP contribution in [0.3, 0.4) is 0 Å². The lowest BCUT2D eigenvalue weighted by molar-refractivity contribution is -0.176. The van der Waals surface area contributed by atoms with Crippen LogP contribution in [0.1, 0.15) is 33.3 Å². The first kappa shape index (κ1) is 27.5. The first-order chi connectivity index (χ1) is 17.2. The lowest BCUT2D eigenvalue weighted by Crippen LogP contribution is -2.42. The summed E-state index contributed by atoms with van der Waals surface area (Å²) in [5.74, 6) is -0.809. The predicted molar refractivity (Wildman–Crippen MR) is 137 cm³/mol. The summed E-state index contributed by atoms with van der Waals surface area (Å²) in [6, 6.07) is 24.2. The van der Waals surface area contributed by atoms with Crippen LogP contribution in [-0.2, 0) is 36.3 Å². The van der Waals surface area contributed by atoms with E-state index >= 15 is 0 Å². The summed E-state index contributed by atoms with van der Waals surface area (Å²) in [6.07, 6.45) is -2.10. The van der Waals surface area contributed by atoms with Crippen LogP contribution in [-0.4, -0.2) is 36.5 Å². The maximum absolute atomic E-state index is 14.1. The molecule has 37 heavy (non-hydrogen) atoms. The summed E-state index contributed by atoms with van der Waals surface area (Å²) in [5.41, 5.74) is 0.475. The number of halogens is 2. The Hall–Kier alpha value is -2.50. The van der Waals surface area contributed by atoms with Crippen molar-refractivity contribution in [2.45, 2.75) is 65.1 Å². The molecular weight excluding hydrogens is 522 g/mol. The van der Waals surface area contributed by atoms with Gasteiger partial charge in [0.1, 0.15) is 5.75 Å². The Labute approximate surface area is 218 Å². The van der Waals surface area contributed by atoms with Crippen molar-refractivity contribution in [3.63, 3.8) is 0 Å². The molecule has 3 aromatic carbocycles. The van der Waals surface area contributed by atoms with E-state index in [1.807, 2.05) is 81.4 Å². The van der Waals surface area contributed by atoms with Gasteiger partial charge < -0.3 is 14.2 Å². The monoisotopic (exact) mass is 551 g/mol. The molecule has 3 aromatic rings. The standard InChI is InChI=1S/C27H28F2O6S2/c1-19(27(28,29)37(30,31)32)34-21-9-8-12-24(17-21)36(22-10-6-5-7-11-22)23-15-13-20(14-16-23)26(4)33-18-25(2,3)35-26/h5-17,19H,18H2,1-4H3/p+1. The molecular formula is C27H29F2O6S2+. The van der Waals surface area contributed by atoms with Gasteiger partial charge in [-0.05, 0) is 76.2 Å². The summed E-state index contributed by atoms with van der Waals surface area (Å²) in [6.45, 7) is 7.20. The Morgan fingerprint density at radius 3 is 2.11 bits per heavy atom. The molecule has 1 N–H and O–H groups in total. The minimum Gasteiger partial charge on any atom is -0.483 e. The van der Waals surface area contributed by atoms with Gasteiger partial charge in [0.15, 0.2) is 26.6 Å². The van der Waals surface area contributed by atoms with Crippen molar-refractivity contribution < 1.29 is 36.0 Å². The molecule has 198 valence electrons. The number of hydrogen-bond acceptors (Lipinski definition) is 5. The van der Waals surface area contributed by atoms with Gasteiger partial charge >= 0.3 is 15.4 Å². The predicted octanol–water partition coefficient (Wildman–Crippen LogP) is 6.03. The Bertz CT molecular complexity index is 1350. The molecule has 0 spiro atoms. The normalized spacial score (nSPS) is 21.4. The maximum atomic E-state index is 14.1. The smallest absolute Gasteiger partial charge is 0.405 e. The summed E-state index contributed by atoms with van der Waals surface area (Å²) < 4.78 is 76.6. The summed E-state index contributed by atoms with van der Waals surface area (Å²) >= 11 is 0. The van der Waals surface area contributed by atoms with Crippen LogP contribution < -0.4 is 4.74 Å². The summed E-state index contributed by atoms with van der Waals surface area (Å²) in [4.78, 5) is 2.73. The molecule has 3 atom stereocenters. The second-order valence-corrected chi connectivity index (χ2v) is 13.0. The van der Waals surface area contributed by atoms with E-state index in [-0.39, 0.29) is 5.75 Å². The van der Waals surface area contributed by atoms with Crippen LogP contribution in [0, 0.1) is 0 Å². The van der Waals surface area contributed by atoms with E-state index in [9.17, 15) is 17.2 Å². The number of hydrogen-bond donors (Lipinski definition) is 1. The number of alkyl halides is 2. The Kier molecular flexibility index (Phi) is 7.44. The minimum atomic E-state index is -5.63. The molecule has 1 heterocycles. The second-order valence-electron chi connectivity index (χ2n) is 9.51. The maximum Gasteiger partial charge on any atom is 0.405 e. The fraction of sp³-hybridized carbons (Fsp3) is 0.333. The number of benzene rings is 3. The lowest BCUT2D eigenvalue weighted by atomic mass is 10.1. The van der Waals surface area contributed by atoms with E-state index in [0.717, 1.165) is 27.2 Å². The molecule has 1 aliphatic heterocycles. The molecule has 0 saturated carbocycles. The third-order valence-corrected chi connectivity index (χ3v) is 9.16. The highest BCUT2D eigenvalue weighted by Gasteiger charge is 2.51. The van der Waals surface area contributed by atoms with Crippen LogP contribution in [0.4, 0.5) is 8.78 Å². The van der Waals surface area contributed by atoms with Crippen molar-refractivity contribution in [2.75, 3.05) is 6.61 Å². The Morgan fingerprint density at radius 2 is 1.54 bits per heavy atom. The molecule has 1 fully saturated rings. The van der Waals surface area contributed by atoms with Crippen molar-refractivity contribution in [2.24, 2.45) is 0 Å². The van der Waals surface area contributed by atoms with Crippen molar-refractivity contribution in [1.82, 2.24) is 0 Å². The molecule has 3 unspecified atom stereocenters. The van der Waals surface area contributed by atoms with Gasteiger partial charge in [-0.2, -0.15) is 17.2 Å². The summed E-state index contributed by atoms with van der Waals surface area (Å²) in [7, 11) is -6.27. The van der Waals surface area contributed by atoms with Gasteiger partial charge in [-0.3, -0.25) is 4.55 Å². The molecule has 1 saturated heterocycles. The Balaban J connectivity index is 1.68. The number of rotatable bonds is 8.